The smallest absolute Gasteiger partial charge is 0.155 e. The zero-order valence-electron chi connectivity index (χ0n) is 10.1. The lowest BCUT2D eigenvalue weighted by Crippen LogP contribution is -2.26. The number of hydrogen-bond donors (Lipinski definition) is 1. The van der Waals surface area contributed by atoms with E-state index in [-0.39, 0.29) is 0 Å². The summed E-state index contributed by atoms with van der Waals surface area (Å²) in [7, 11) is 0. The Morgan fingerprint density at radius 3 is 2.71 bits per heavy atom. The maximum atomic E-state index is 5.93. The fourth-order valence-electron chi connectivity index (χ4n) is 2.60. The van der Waals surface area contributed by atoms with E-state index >= 15 is 0 Å². The molecule has 0 unspecified atom stereocenters. The van der Waals surface area contributed by atoms with Gasteiger partial charge in [0, 0.05) is 17.7 Å². The topological polar surface area (TPSA) is 56.2 Å². The zero-order chi connectivity index (χ0) is 11.8. The van der Waals surface area contributed by atoms with E-state index in [2.05, 4.69) is 23.1 Å². The van der Waals surface area contributed by atoms with Gasteiger partial charge in [-0.2, -0.15) is 5.10 Å². The Morgan fingerprint density at radius 1 is 1.24 bits per heavy atom. The quantitative estimate of drug-likeness (QED) is 0.815. The Hall–Kier alpha value is -1.42. The third-order valence-corrected chi connectivity index (χ3v) is 3.70. The van der Waals surface area contributed by atoms with E-state index in [4.69, 9.17) is 5.73 Å². The highest BCUT2D eigenvalue weighted by molar-refractivity contribution is 5.39. The molecule has 0 atom stereocenters. The van der Waals surface area contributed by atoms with E-state index in [1.54, 1.807) is 0 Å². The second-order valence-electron chi connectivity index (χ2n) is 5.02. The summed E-state index contributed by atoms with van der Waals surface area (Å²) >= 11 is 0. The van der Waals surface area contributed by atoms with Crippen LogP contribution in [-0.2, 0) is 0 Å². The van der Waals surface area contributed by atoms with Gasteiger partial charge in [-0.3, -0.25) is 0 Å². The summed E-state index contributed by atoms with van der Waals surface area (Å²) in [6, 6.07) is 6.48. The molecule has 0 aliphatic heterocycles. The average Bonchev–Trinajstić information content (AvgIpc) is 2.75. The Balaban J connectivity index is 1.93. The minimum atomic E-state index is 0.380. The molecule has 0 aromatic carbocycles. The summed E-state index contributed by atoms with van der Waals surface area (Å²) in [5.74, 6) is 1.49. The van der Waals surface area contributed by atoms with Crippen molar-refractivity contribution in [1.82, 2.24) is 14.6 Å². The summed E-state index contributed by atoms with van der Waals surface area (Å²) in [5, 5.41) is 4.63. The van der Waals surface area contributed by atoms with Crippen molar-refractivity contribution in [2.75, 3.05) is 0 Å². The molecule has 0 bridgehead atoms. The molecular formula is C13H18N4. The average molecular weight is 230 g/mol. The van der Waals surface area contributed by atoms with Crippen LogP contribution >= 0.6 is 0 Å². The first kappa shape index (κ1) is 10.7. The number of fused-ring (bicyclic) bond motifs is 1. The van der Waals surface area contributed by atoms with Gasteiger partial charge in [0.2, 0.25) is 0 Å². The summed E-state index contributed by atoms with van der Waals surface area (Å²) in [4.78, 5) is 4.63. The largest absolute Gasteiger partial charge is 0.328 e. The SMILES string of the molecule is Cc1cccc2nc(C3CCC(N)CC3)nn12. The van der Waals surface area contributed by atoms with Gasteiger partial charge >= 0.3 is 0 Å². The van der Waals surface area contributed by atoms with Gasteiger partial charge in [-0.25, -0.2) is 9.50 Å². The van der Waals surface area contributed by atoms with Crippen molar-refractivity contribution in [1.29, 1.82) is 0 Å². The van der Waals surface area contributed by atoms with Gasteiger partial charge in [0.15, 0.2) is 11.5 Å². The molecule has 1 aliphatic rings. The van der Waals surface area contributed by atoms with Gasteiger partial charge in [-0.15, -0.1) is 0 Å². The van der Waals surface area contributed by atoms with Crippen LogP contribution in [0.2, 0.25) is 0 Å². The monoisotopic (exact) mass is 230 g/mol. The van der Waals surface area contributed by atoms with Crippen LogP contribution in [0.5, 0.6) is 0 Å². The molecule has 0 radical (unpaired) electrons. The van der Waals surface area contributed by atoms with E-state index in [1.807, 2.05) is 16.6 Å². The molecule has 3 rings (SSSR count). The molecule has 17 heavy (non-hydrogen) atoms. The molecule has 0 spiro atoms. The maximum absolute atomic E-state index is 5.93. The predicted octanol–water partition coefficient (Wildman–Crippen LogP) is 2.02. The Labute approximate surface area is 101 Å². The first-order valence-electron chi connectivity index (χ1n) is 6.32. The van der Waals surface area contributed by atoms with E-state index in [1.165, 1.54) is 0 Å². The number of rotatable bonds is 1. The molecule has 4 heteroatoms. The van der Waals surface area contributed by atoms with Crippen LogP contribution in [0.15, 0.2) is 18.2 Å². The lowest BCUT2D eigenvalue weighted by molar-refractivity contribution is 0.385. The van der Waals surface area contributed by atoms with Gasteiger partial charge in [0.1, 0.15) is 0 Å². The summed E-state index contributed by atoms with van der Waals surface area (Å²) in [5.41, 5.74) is 8.01. The van der Waals surface area contributed by atoms with E-state index in [9.17, 15) is 0 Å². The molecule has 2 aromatic heterocycles. The highest BCUT2D eigenvalue weighted by Crippen LogP contribution is 2.30. The molecule has 90 valence electrons. The van der Waals surface area contributed by atoms with Gasteiger partial charge < -0.3 is 5.73 Å². The van der Waals surface area contributed by atoms with Crippen molar-refractivity contribution >= 4 is 5.65 Å². The fraction of sp³-hybridized carbons (Fsp3) is 0.538. The lowest BCUT2D eigenvalue weighted by Gasteiger charge is -2.23. The summed E-state index contributed by atoms with van der Waals surface area (Å²) in [6.45, 7) is 2.06. The molecule has 2 N–H and O–H groups in total. The van der Waals surface area contributed by atoms with Crippen LogP contribution in [0, 0.1) is 6.92 Å². The molecule has 1 fully saturated rings. The third-order valence-electron chi connectivity index (χ3n) is 3.70. The van der Waals surface area contributed by atoms with Gasteiger partial charge in [0.25, 0.3) is 0 Å². The minimum Gasteiger partial charge on any atom is -0.328 e. The molecule has 1 saturated carbocycles. The van der Waals surface area contributed by atoms with Crippen molar-refractivity contribution < 1.29 is 0 Å². The normalized spacial score (nSPS) is 25.3. The van der Waals surface area contributed by atoms with Gasteiger partial charge in [-0.1, -0.05) is 6.07 Å². The zero-order valence-corrected chi connectivity index (χ0v) is 10.1. The minimum absolute atomic E-state index is 0.380. The Morgan fingerprint density at radius 2 is 2.00 bits per heavy atom. The number of nitrogens with two attached hydrogens (primary N) is 1. The maximum Gasteiger partial charge on any atom is 0.155 e. The first-order chi connectivity index (χ1) is 8.24. The van der Waals surface area contributed by atoms with Crippen LogP contribution in [0.1, 0.15) is 43.1 Å². The van der Waals surface area contributed by atoms with Crippen LogP contribution in [-0.4, -0.2) is 20.6 Å². The van der Waals surface area contributed by atoms with Crippen molar-refractivity contribution in [3.8, 4) is 0 Å². The number of hydrogen-bond acceptors (Lipinski definition) is 3. The number of aryl methyl sites for hydroxylation is 1. The van der Waals surface area contributed by atoms with Crippen LogP contribution in [0.3, 0.4) is 0 Å². The summed E-state index contributed by atoms with van der Waals surface area (Å²) in [6.07, 6.45) is 4.44. The number of nitrogens with zero attached hydrogens (tertiary/aromatic N) is 3. The molecular weight excluding hydrogens is 212 g/mol. The van der Waals surface area contributed by atoms with E-state index in [0.29, 0.717) is 12.0 Å². The molecule has 0 saturated heterocycles. The number of aromatic nitrogens is 3. The third kappa shape index (κ3) is 1.93. The van der Waals surface area contributed by atoms with Crippen molar-refractivity contribution in [3.63, 3.8) is 0 Å². The highest BCUT2D eigenvalue weighted by atomic mass is 15.3. The molecule has 1 aliphatic carbocycles. The standard InChI is InChI=1S/C13H18N4/c1-9-3-2-4-12-15-13(16-17(9)12)10-5-7-11(14)8-6-10/h2-4,10-11H,5-8,14H2,1H3. The van der Waals surface area contributed by atoms with Gasteiger partial charge in [-0.05, 0) is 44.7 Å². The van der Waals surface area contributed by atoms with Crippen molar-refractivity contribution in [2.24, 2.45) is 5.73 Å². The van der Waals surface area contributed by atoms with Crippen LogP contribution < -0.4 is 5.73 Å². The highest BCUT2D eigenvalue weighted by Gasteiger charge is 2.23. The lowest BCUT2D eigenvalue weighted by atomic mass is 9.86. The van der Waals surface area contributed by atoms with Crippen LogP contribution in [0.4, 0.5) is 0 Å². The Bertz CT molecular complexity index is 523. The predicted molar refractivity (Wildman–Crippen MR) is 66.9 cm³/mol. The second kappa shape index (κ2) is 4.11. The molecule has 0 amide bonds. The molecule has 4 nitrogen and oxygen atoms in total. The van der Waals surface area contributed by atoms with Crippen molar-refractivity contribution in [2.45, 2.75) is 44.6 Å². The van der Waals surface area contributed by atoms with E-state index in [0.717, 1.165) is 42.8 Å². The van der Waals surface area contributed by atoms with Crippen LogP contribution in [0.25, 0.3) is 5.65 Å². The first-order valence-corrected chi connectivity index (χ1v) is 6.32. The Kier molecular flexibility index (Phi) is 2.59. The number of pyridine rings is 1. The molecule has 2 heterocycles. The van der Waals surface area contributed by atoms with E-state index < -0.39 is 0 Å². The second-order valence-corrected chi connectivity index (χ2v) is 5.02. The van der Waals surface area contributed by atoms with Gasteiger partial charge in [0.05, 0.1) is 0 Å². The molecule has 2 aromatic rings. The summed E-state index contributed by atoms with van der Waals surface area (Å²) < 4.78 is 1.93. The van der Waals surface area contributed by atoms with Crippen molar-refractivity contribution in [3.05, 3.63) is 29.7 Å². The fourth-order valence-corrected chi connectivity index (χ4v) is 2.60.